The fourth-order valence-electron chi connectivity index (χ4n) is 1.57. The third-order valence-electron chi connectivity index (χ3n) is 2.67. The summed E-state index contributed by atoms with van der Waals surface area (Å²) >= 11 is 0. The molecule has 0 aliphatic carbocycles. The largest absolute Gasteiger partial charge is 0.465 e. The van der Waals surface area contributed by atoms with Crippen LogP contribution < -0.4 is 5.32 Å². The predicted octanol–water partition coefficient (Wildman–Crippen LogP) is 2.75. The van der Waals surface area contributed by atoms with Crippen LogP contribution in [0.5, 0.6) is 0 Å². The highest BCUT2D eigenvalue weighted by Crippen LogP contribution is 2.11. The fourth-order valence-corrected chi connectivity index (χ4v) is 1.57. The quantitative estimate of drug-likeness (QED) is 0.626. The van der Waals surface area contributed by atoms with Crippen molar-refractivity contribution >= 4 is 5.97 Å². The van der Waals surface area contributed by atoms with Crippen LogP contribution >= 0.6 is 0 Å². The summed E-state index contributed by atoms with van der Waals surface area (Å²) in [6, 6.07) is 4.56. The maximum absolute atomic E-state index is 13.6. The van der Waals surface area contributed by atoms with Crippen molar-refractivity contribution in [3.05, 3.63) is 35.1 Å². The lowest BCUT2D eigenvalue weighted by Gasteiger charge is -2.08. The predicted molar refractivity (Wildman–Crippen MR) is 68.9 cm³/mol. The zero-order chi connectivity index (χ0) is 13.5. The third-order valence-corrected chi connectivity index (χ3v) is 2.67. The topological polar surface area (TPSA) is 38.3 Å². The summed E-state index contributed by atoms with van der Waals surface area (Å²) in [6.45, 7) is 5.82. The Bertz CT molecular complexity index is 405. The number of esters is 1. The van der Waals surface area contributed by atoms with E-state index in [1.807, 2.05) is 0 Å². The molecule has 100 valence electrons. The minimum atomic E-state index is -0.646. The van der Waals surface area contributed by atoms with E-state index in [1.165, 1.54) is 19.2 Å². The Kier molecular flexibility index (Phi) is 5.78. The van der Waals surface area contributed by atoms with Crippen LogP contribution in [0.25, 0.3) is 0 Å². The normalized spacial score (nSPS) is 10.7. The Balaban J connectivity index is 2.54. The average Bonchev–Trinajstić information content (AvgIpc) is 2.33. The molecule has 0 aromatic heterocycles. The van der Waals surface area contributed by atoms with E-state index in [0.717, 1.165) is 18.5 Å². The van der Waals surface area contributed by atoms with Crippen molar-refractivity contribution in [1.29, 1.82) is 0 Å². The number of rotatable bonds is 6. The van der Waals surface area contributed by atoms with Gasteiger partial charge in [-0.05, 0) is 36.6 Å². The number of halogens is 1. The number of carbonyl (C=O) groups is 1. The van der Waals surface area contributed by atoms with Crippen LogP contribution in [0.3, 0.4) is 0 Å². The van der Waals surface area contributed by atoms with Gasteiger partial charge in [-0.15, -0.1) is 0 Å². The van der Waals surface area contributed by atoms with E-state index in [0.29, 0.717) is 12.5 Å². The number of hydrogen-bond donors (Lipinski definition) is 1. The van der Waals surface area contributed by atoms with Gasteiger partial charge in [-0.1, -0.05) is 19.9 Å². The van der Waals surface area contributed by atoms with Crippen molar-refractivity contribution in [3.63, 3.8) is 0 Å². The molecule has 1 aromatic rings. The molecular weight excluding hydrogens is 233 g/mol. The summed E-state index contributed by atoms with van der Waals surface area (Å²) in [7, 11) is 1.24. The number of methoxy groups -OCH3 is 1. The fraction of sp³-hybridized carbons (Fsp3) is 0.500. The summed E-state index contributed by atoms with van der Waals surface area (Å²) in [5.74, 6) is -0.534. The van der Waals surface area contributed by atoms with Crippen molar-refractivity contribution in [1.82, 2.24) is 5.32 Å². The first-order chi connectivity index (χ1) is 8.54. The molecule has 0 fully saturated rings. The van der Waals surface area contributed by atoms with Gasteiger partial charge in [0.2, 0.25) is 0 Å². The molecule has 0 aliphatic heterocycles. The highest BCUT2D eigenvalue weighted by molar-refractivity contribution is 5.89. The van der Waals surface area contributed by atoms with Gasteiger partial charge in [0.15, 0.2) is 0 Å². The first-order valence-electron chi connectivity index (χ1n) is 6.12. The molecule has 0 spiro atoms. The van der Waals surface area contributed by atoms with Gasteiger partial charge in [0.05, 0.1) is 12.7 Å². The highest BCUT2D eigenvalue weighted by atomic mass is 19.1. The van der Waals surface area contributed by atoms with E-state index in [1.54, 1.807) is 6.07 Å². The Labute approximate surface area is 107 Å². The maximum Gasteiger partial charge on any atom is 0.340 e. The van der Waals surface area contributed by atoms with E-state index in [2.05, 4.69) is 23.9 Å². The molecule has 0 radical (unpaired) electrons. The number of nitrogens with one attached hydrogen (secondary N) is 1. The van der Waals surface area contributed by atoms with Crippen LogP contribution in [0.15, 0.2) is 18.2 Å². The number of ether oxygens (including phenoxy) is 1. The molecule has 18 heavy (non-hydrogen) atoms. The molecule has 1 aromatic carbocycles. The molecule has 0 bridgehead atoms. The molecule has 0 unspecified atom stereocenters. The second kappa shape index (κ2) is 7.11. The van der Waals surface area contributed by atoms with E-state index < -0.39 is 11.8 Å². The third kappa shape index (κ3) is 4.45. The molecule has 0 atom stereocenters. The van der Waals surface area contributed by atoms with Gasteiger partial charge in [0.25, 0.3) is 0 Å². The van der Waals surface area contributed by atoms with E-state index >= 15 is 0 Å². The van der Waals surface area contributed by atoms with Crippen molar-refractivity contribution in [3.8, 4) is 0 Å². The van der Waals surface area contributed by atoms with E-state index in [-0.39, 0.29) is 5.56 Å². The Morgan fingerprint density at radius 2 is 2.17 bits per heavy atom. The summed E-state index contributed by atoms with van der Waals surface area (Å²) in [5.41, 5.74) is 0.798. The van der Waals surface area contributed by atoms with Crippen molar-refractivity contribution in [2.75, 3.05) is 13.7 Å². The molecule has 4 heteroatoms. The second-order valence-corrected chi connectivity index (χ2v) is 4.67. The lowest BCUT2D eigenvalue weighted by molar-refractivity contribution is 0.0595. The zero-order valence-corrected chi connectivity index (χ0v) is 11.1. The first-order valence-corrected chi connectivity index (χ1v) is 6.12. The van der Waals surface area contributed by atoms with E-state index in [4.69, 9.17) is 0 Å². The maximum atomic E-state index is 13.6. The molecule has 1 rings (SSSR count). The molecule has 3 nitrogen and oxygen atoms in total. The van der Waals surface area contributed by atoms with Crippen LogP contribution in [0.4, 0.5) is 4.39 Å². The summed E-state index contributed by atoms with van der Waals surface area (Å²) in [6.07, 6.45) is 1.09. The van der Waals surface area contributed by atoms with Crippen molar-refractivity contribution < 1.29 is 13.9 Å². The average molecular weight is 253 g/mol. The van der Waals surface area contributed by atoms with Crippen LogP contribution in [0.2, 0.25) is 0 Å². The second-order valence-electron chi connectivity index (χ2n) is 4.67. The van der Waals surface area contributed by atoms with Crippen molar-refractivity contribution in [2.24, 2.45) is 5.92 Å². The van der Waals surface area contributed by atoms with Crippen LogP contribution in [-0.4, -0.2) is 19.6 Å². The van der Waals surface area contributed by atoms with Gasteiger partial charge < -0.3 is 10.1 Å². The number of benzene rings is 1. The standard InChI is InChI=1S/C14H20FNO2/c1-10(2)6-7-16-9-11-4-5-12(13(15)8-11)14(17)18-3/h4-5,8,10,16H,6-7,9H2,1-3H3. The van der Waals surface area contributed by atoms with Gasteiger partial charge >= 0.3 is 5.97 Å². The minimum absolute atomic E-state index is 0.0246. The SMILES string of the molecule is COC(=O)c1ccc(CNCCC(C)C)cc1F. The lowest BCUT2D eigenvalue weighted by atomic mass is 10.1. The Hall–Kier alpha value is -1.42. The molecule has 0 aliphatic rings. The number of carbonyl (C=O) groups excluding carboxylic acids is 1. The molecule has 1 N–H and O–H groups in total. The van der Waals surface area contributed by atoms with Gasteiger partial charge in [-0.3, -0.25) is 0 Å². The van der Waals surface area contributed by atoms with Crippen LogP contribution in [0, 0.1) is 11.7 Å². The van der Waals surface area contributed by atoms with Gasteiger partial charge in [-0.25, -0.2) is 9.18 Å². The smallest absolute Gasteiger partial charge is 0.340 e. The first kappa shape index (κ1) is 14.6. The van der Waals surface area contributed by atoms with Gasteiger partial charge in [0.1, 0.15) is 5.82 Å². The van der Waals surface area contributed by atoms with Crippen LogP contribution in [-0.2, 0) is 11.3 Å². The van der Waals surface area contributed by atoms with Gasteiger partial charge in [-0.2, -0.15) is 0 Å². The molecule has 0 amide bonds. The summed E-state index contributed by atoms with van der Waals surface area (Å²) in [5, 5.41) is 3.24. The zero-order valence-electron chi connectivity index (χ0n) is 11.1. The Morgan fingerprint density at radius 1 is 1.44 bits per heavy atom. The van der Waals surface area contributed by atoms with Crippen LogP contribution in [0.1, 0.15) is 36.2 Å². The van der Waals surface area contributed by atoms with Gasteiger partial charge in [0, 0.05) is 6.54 Å². The van der Waals surface area contributed by atoms with E-state index in [9.17, 15) is 9.18 Å². The lowest BCUT2D eigenvalue weighted by Crippen LogP contribution is -2.16. The molecule has 0 saturated carbocycles. The molecule has 0 heterocycles. The highest BCUT2D eigenvalue weighted by Gasteiger charge is 2.11. The van der Waals surface area contributed by atoms with Crippen molar-refractivity contribution in [2.45, 2.75) is 26.8 Å². The summed E-state index contributed by atoms with van der Waals surface area (Å²) < 4.78 is 18.1. The monoisotopic (exact) mass is 253 g/mol. The molecular formula is C14H20FNO2. The Morgan fingerprint density at radius 3 is 2.72 bits per heavy atom. The minimum Gasteiger partial charge on any atom is -0.465 e. The molecule has 0 saturated heterocycles. The number of hydrogen-bond acceptors (Lipinski definition) is 3. The summed E-state index contributed by atoms with van der Waals surface area (Å²) in [4.78, 5) is 11.2.